The summed E-state index contributed by atoms with van der Waals surface area (Å²) in [5.41, 5.74) is 2.60. The van der Waals surface area contributed by atoms with Crippen molar-refractivity contribution in [3.05, 3.63) is 47.7 Å². The molecule has 0 radical (unpaired) electrons. The fourth-order valence-corrected chi connectivity index (χ4v) is 2.66. The highest BCUT2D eigenvalue weighted by molar-refractivity contribution is 5.92. The van der Waals surface area contributed by atoms with Gasteiger partial charge in [0.25, 0.3) is 0 Å². The molecule has 1 N–H and O–H groups in total. The molecule has 0 aliphatic heterocycles. The molecule has 0 saturated carbocycles. The highest BCUT2D eigenvalue weighted by Gasteiger charge is 2.27. The van der Waals surface area contributed by atoms with E-state index in [0.29, 0.717) is 0 Å². The molecule has 19 heavy (non-hydrogen) atoms. The summed E-state index contributed by atoms with van der Waals surface area (Å²) in [5, 5.41) is 7.14. The summed E-state index contributed by atoms with van der Waals surface area (Å²) in [5.74, 6) is 0.910. The molecule has 1 aromatic heterocycles. The van der Waals surface area contributed by atoms with Crippen LogP contribution in [0.2, 0.25) is 0 Å². The number of aryl methyl sites for hydroxylation is 1. The monoisotopic (exact) mass is 255 g/mol. The van der Waals surface area contributed by atoms with Crippen LogP contribution in [0, 0.1) is 5.92 Å². The number of amides is 1. The second-order valence-corrected chi connectivity index (χ2v) is 4.90. The Labute approximate surface area is 112 Å². The minimum absolute atomic E-state index is 0.0395. The molecule has 1 amide bonds. The Balaban J connectivity index is 1.70. The van der Waals surface area contributed by atoms with Gasteiger partial charge in [-0.1, -0.05) is 24.3 Å². The first-order chi connectivity index (χ1) is 9.28. The highest BCUT2D eigenvalue weighted by atomic mass is 16.2. The van der Waals surface area contributed by atoms with Crippen LogP contribution in [0.3, 0.4) is 0 Å². The summed E-state index contributed by atoms with van der Waals surface area (Å²) in [7, 11) is 0. The van der Waals surface area contributed by atoms with Gasteiger partial charge in [-0.2, -0.15) is 5.10 Å². The second-order valence-electron chi connectivity index (χ2n) is 4.90. The van der Waals surface area contributed by atoms with Crippen LogP contribution in [0.15, 0.2) is 36.5 Å². The number of nitrogens with one attached hydrogen (secondary N) is 1. The number of carbonyl (C=O) groups is 1. The number of rotatable bonds is 3. The van der Waals surface area contributed by atoms with Crippen molar-refractivity contribution in [2.45, 2.75) is 26.3 Å². The molecule has 0 atom stereocenters. The van der Waals surface area contributed by atoms with Crippen LogP contribution in [-0.4, -0.2) is 15.7 Å². The summed E-state index contributed by atoms with van der Waals surface area (Å²) >= 11 is 0. The highest BCUT2D eigenvalue weighted by Crippen LogP contribution is 2.27. The van der Waals surface area contributed by atoms with Gasteiger partial charge in [0.15, 0.2) is 0 Å². The number of aromatic nitrogens is 2. The van der Waals surface area contributed by atoms with Gasteiger partial charge in [0, 0.05) is 18.5 Å². The Morgan fingerprint density at radius 3 is 2.63 bits per heavy atom. The Bertz CT molecular complexity index is 578. The van der Waals surface area contributed by atoms with E-state index in [9.17, 15) is 4.79 Å². The maximum absolute atomic E-state index is 12.3. The van der Waals surface area contributed by atoms with Crippen molar-refractivity contribution in [2.75, 3.05) is 5.32 Å². The maximum Gasteiger partial charge on any atom is 0.229 e. The molecule has 0 spiro atoms. The van der Waals surface area contributed by atoms with E-state index in [1.165, 1.54) is 11.1 Å². The van der Waals surface area contributed by atoms with Crippen molar-refractivity contribution >= 4 is 11.7 Å². The number of benzene rings is 1. The molecule has 2 aromatic rings. The Hall–Kier alpha value is -2.10. The molecule has 0 saturated heterocycles. The number of hydrogen-bond acceptors (Lipinski definition) is 2. The lowest BCUT2D eigenvalue weighted by Gasteiger charge is -2.11. The predicted molar refractivity (Wildman–Crippen MR) is 73.9 cm³/mol. The number of nitrogens with zero attached hydrogens (tertiary/aromatic N) is 2. The zero-order valence-electron chi connectivity index (χ0n) is 11.0. The predicted octanol–water partition coefficient (Wildman–Crippen LogP) is 2.26. The summed E-state index contributed by atoms with van der Waals surface area (Å²) in [4.78, 5) is 12.3. The molecule has 0 bridgehead atoms. The van der Waals surface area contributed by atoms with Gasteiger partial charge in [-0.15, -0.1) is 0 Å². The van der Waals surface area contributed by atoms with Crippen LogP contribution in [0.1, 0.15) is 18.1 Å². The summed E-state index contributed by atoms with van der Waals surface area (Å²) in [6.07, 6.45) is 3.38. The van der Waals surface area contributed by atoms with Crippen LogP contribution in [0.5, 0.6) is 0 Å². The molecule has 0 unspecified atom stereocenters. The standard InChI is InChI=1S/C15H17N3O/c1-2-18-14(7-8-16-18)17-15(19)13-9-11-5-3-4-6-12(11)10-13/h3-8,13H,2,9-10H2,1H3,(H,17,19). The van der Waals surface area contributed by atoms with E-state index in [1.807, 2.05) is 25.1 Å². The normalized spacial score (nSPS) is 14.4. The second kappa shape index (κ2) is 4.88. The first-order valence-corrected chi connectivity index (χ1v) is 6.67. The first-order valence-electron chi connectivity index (χ1n) is 6.67. The third kappa shape index (κ3) is 2.26. The van der Waals surface area contributed by atoms with Crippen molar-refractivity contribution in [1.82, 2.24) is 9.78 Å². The molecule has 1 aliphatic rings. The van der Waals surface area contributed by atoms with E-state index < -0.39 is 0 Å². The molecule has 1 aliphatic carbocycles. The van der Waals surface area contributed by atoms with Crippen molar-refractivity contribution in [3.8, 4) is 0 Å². The van der Waals surface area contributed by atoms with Gasteiger partial charge in [-0.05, 0) is 30.9 Å². The van der Waals surface area contributed by atoms with Gasteiger partial charge < -0.3 is 5.32 Å². The minimum Gasteiger partial charge on any atom is -0.311 e. The Morgan fingerprint density at radius 1 is 1.32 bits per heavy atom. The van der Waals surface area contributed by atoms with Crippen molar-refractivity contribution in [3.63, 3.8) is 0 Å². The molecule has 98 valence electrons. The topological polar surface area (TPSA) is 46.9 Å². The van der Waals surface area contributed by atoms with Crippen molar-refractivity contribution in [1.29, 1.82) is 0 Å². The summed E-state index contributed by atoms with van der Waals surface area (Å²) in [6, 6.07) is 10.1. The average Bonchev–Trinajstić information content (AvgIpc) is 3.03. The van der Waals surface area contributed by atoms with E-state index in [1.54, 1.807) is 10.9 Å². The molecule has 4 nitrogen and oxygen atoms in total. The summed E-state index contributed by atoms with van der Waals surface area (Å²) in [6.45, 7) is 2.77. The number of hydrogen-bond donors (Lipinski definition) is 1. The molecular weight excluding hydrogens is 238 g/mol. The minimum atomic E-state index is 0.0395. The Kier molecular flexibility index (Phi) is 3.07. The van der Waals surface area contributed by atoms with E-state index in [-0.39, 0.29) is 11.8 Å². The van der Waals surface area contributed by atoms with Crippen molar-refractivity contribution < 1.29 is 4.79 Å². The fraction of sp³-hybridized carbons (Fsp3) is 0.333. The number of anilines is 1. The van der Waals surface area contributed by atoms with Crippen LogP contribution < -0.4 is 5.32 Å². The third-order valence-corrected chi connectivity index (χ3v) is 3.69. The molecular formula is C15H17N3O. The number of fused-ring (bicyclic) bond motifs is 1. The van der Waals surface area contributed by atoms with Gasteiger partial charge >= 0.3 is 0 Å². The quantitative estimate of drug-likeness (QED) is 0.914. The fourth-order valence-electron chi connectivity index (χ4n) is 2.66. The van der Waals surface area contributed by atoms with E-state index >= 15 is 0 Å². The smallest absolute Gasteiger partial charge is 0.229 e. The van der Waals surface area contributed by atoms with Crippen LogP contribution >= 0.6 is 0 Å². The molecule has 0 fully saturated rings. The van der Waals surface area contributed by atoms with Crippen LogP contribution in [0.25, 0.3) is 0 Å². The largest absolute Gasteiger partial charge is 0.311 e. The zero-order valence-corrected chi connectivity index (χ0v) is 11.0. The zero-order chi connectivity index (χ0) is 13.2. The third-order valence-electron chi connectivity index (χ3n) is 3.69. The lowest BCUT2D eigenvalue weighted by Crippen LogP contribution is -2.24. The van der Waals surface area contributed by atoms with Gasteiger partial charge in [-0.25, -0.2) is 4.68 Å². The number of carbonyl (C=O) groups excluding carboxylic acids is 1. The lowest BCUT2D eigenvalue weighted by molar-refractivity contribution is -0.119. The van der Waals surface area contributed by atoms with E-state index in [2.05, 4.69) is 22.5 Å². The van der Waals surface area contributed by atoms with Crippen LogP contribution in [0.4, 0.5) is 5.82 Å². The van der Waals surface area contributed by atoms with Gasteiger partial charge in [-0.3, -0.25) is 4.79 Å². The molecule has 1 heterocycles. The first kappa shape index (κ1) is 12.0. The summed E-state index contributed by atoms with van der Waals surface area (Å²) < 4.78 is 1.79. The lowest BCUT2D eigenvalue weighted by atomic mass is 10.1. The van der Waals surface area contributed by atoms with Crippen molar-refractivity contribution in [2.24, 2.45) is 5.92 Å². The Morgan fingerprint density at radius 2 is 2.00 bits per heavy atom. The SMILES string of the molecule is CCn1nccc1NC(=O)C1Cc2ccccc2C1. The molecule has 1 aromatic carbocycles. The maximum atomic E-state index is 12.3. The molecule has 3 rings (SSSR count). The molecule has 4 heteroatoms. The van der Waals surface area contributed by atoms with Gasteiger partial charge in [0.1, 0.15) is 5.82 Å². The average molecular weight is 255 g/mol. The van der Waals surface area contributed by atoms with E-state index in [0.717, 1.165) is 25.2 Å². The van der Waals surface area contributed by atoms with Gasteiger partial charge in [0.05, 0.1) is 6.20 Å². The van der Waals surface area contributed by atoms with Gasteiger partial charge in [0.2, 0.25) is 5.91 Å². The van der Waals surface area contributed by atoms with E-state index in [4.69, 9.17) is 0 Å². The van der Waals surface area contributed by atoms with Crippen LogP contribution in [-0.2, 0) is 24.2 Å².